The highest BCUT2D eigenvalue weighted by Crippen LogP contribution is 2.25. The Balaban J connectivity index is 2.07. The van der Waals surface area contributed by atoms with Crippen molar-refractivity contribution in [3.8, 4) is 0 Å². The largest absolute Gasteiger partial charge is 0.381 e. The van der Waals surface area contributed by atoms with Crippen LogP contribution in [0.4, 0.5) is 4.39 Å². The maximum Gasteiger partial charge on any atom is 0.123 e. The standard InChI is InChI=1S/C13H16ClFO/c1-9-6-12(15)3-2-10(9)7-11-8-16-5-4-13(11)14/h2-3,6,11,13H,4-5,7-8H2,1H3. The molecule has 0 radical (unpaired) electrons. The average Bonchev–Trinajstić information content (AvgIpc) is 2.25. The Kier molecular flexibility index (Phi) is 3.82. The number of hydrogen-bond acceptors (Lipinski definition) is 1. The number of ether oxygens (including phenoxy) is 1. The van der Waals surface area contributed by atoms with Crippen molar-refractivity contribution in [1.82, 2.24) is 0 Å². The first-order valence-electron chi connectivity index (χ1n) is 5.63. The van der Waals surface area contributed by atoms with Crippen molar-refractivity contribution in [2.75, 3.05) is 13.2 Å². The fourth-order valence-corrected chi connectivity index (χ4v) is 2.38. The lowest BCUT2D eigenvalue weighted by atomic mass is 9.91. The van der Waals surface area contributed by atoms with E-state index in [9.17, 15) is 4.39 Å². The van der Waals surface area contributed by atoms with Crippen LogP contribution in [0, 0.1) is 18.7 Å². The summed E-state index contributed by atoms with van der Waals surface area (Å²) in [7, 11) is 0. The first-order valence-corrected chi connectivity index (χ1v) is 6.07. The van der Waals surface area contributed by atoms with Crippen molar-refractivity contribution in [2.45, 2.75) is 25.1 Å². The van der Waals surface area contributed by atoms with Gasteiger partial charge in [-0.15, -0.1) is 11.6 Å². The van der Waals surface area contributed by atoms with Gasteiger partial charge in [0, 0.05) is 17.9 Å². The van der Waals surface area contributed by atoms with E-state index in [-0.39, 0.29) is 11.2 Å². The second kappa shape index (κ2) is 5.15. The molecule has 1 nitrogen and oxygen atoms in total. The predicted molar refractivity (Wildman–Crippen MR) is 63.4 cm³/mol. The molecule has 0 aromatic heterocycles. The van der Waals surface area contributed by atoms with E-state index < -0.39 is 0 Å². The molecule has 0 amide bonds. The molecule has 0 saturated carbocycles. The SMILES string of the molecule is Cc1cc(F)ccc1CC1COCCC1Cl. The van der Waals surface area contributed by atoms with Gasteiger partial charge in [-0.1, -0.05) is 6.07 Å². The highest BCUT2D eigenvalue weighted by molar-refractivity contribution is 6.20. The summed E-state index contributed by atoms with van der Waals surface area (Å²) in [4.78, 5) is 0. The maximum atomic E-state index is 13.0. The monoisotopic (exact) mass is 242 g/mol. The van der Waals surface area contributed by atoms with Gasteiger partial charge in [0.2, 0.25) is 0 Å². The van der Waals surface area contributed by atoms with Gasteiger partial charge in [-0.25, -0.2) is 4.39 Å². The summed E-state index contributed by atoms with van der Waals surface area (Å²) in [6.45, 7) is 3.41. The highest BCUT2D eigenvalue weighted by atomic mass is 35.5. The Labute approximate surface area is 101 Å². The molecule has 0 N–H and O–H groups in total. The first kappa shape index (κ1) is 11.9. The molecule has 16 heavy (non-hydrogen) atoms. The van der Waals surface area contributed by atoms with Crippen molar-refractivity contribution in [3.63, 3.8) is 0 Å². The molecule has 1 aromatic carbocycles. The average molecular weight is 243 g/mol. The third-order valence-electron chi connectivity index (χ3n) is 3.17. The number of benzene rings is 1. The van der Waals surface area contributed by atoms with Gasteiger partial charge in [-0.2, -0.15) is 0 Å². The minimum atomic E-state index is -0.177. The van der Waals surface area contributed by atoms with Crippen LogP contribution >= 0.6 is 11.6 Å². The van der Waals surface area contributed by atoms with Gasteiger partial charge in [-0.3, -0.25) is 0 Å². The van der Waals surface area contributed by atoms with Gasteiger partial charge < -0.3 is 4.74 Å². The molecule has 2 rings (SSSR count). The molecule has 2 atom stereocenters. The van der Waals surface area contributed by atoms with Gasteiger partial charge >= 0.3 is 0 Å². The topological polar surface area (TPSA) is 9.23 Å². The Bertz CT molecular complexity index is 367. The van der Waals surface area contributed by atoms with Crippen LogP contribution in [0.1, 0.15) is 17.5 Å². The third kappa shape index (κ3) is 2.74. The van der Waals surface area contributed by atoms with Crippen LogP contribution in [0.25, 0.3) is 0 Å². The zero-order valence-corrected chi connectivity index (χ0v) is 10.1. The van der Waals surface area contributed by atoms with Crippen LogP contribution in [-0.2, 0) is 11.2 Å². The molecule has 1 heterocycles. The van der Waals surface area contributed by atoms with Gasteiger partial charge in [0.15, 0.2) is 0 Å². The zero-order chi connectivity index (χ0) is 11.5. The summed E-state index contributed by atoms with van der Waals surface area (Å²) in [6.07, 6.45) is 1.78. The Hall–Kier alpha value is -0.600. The number of halogens is 2. The molecule has 88 valence electrons. The van der Waals surface area contributed by atoms with Crippen molar-refractivity contribution in [2.24, 2.45) is 5.92 Å². The molecule has 1 saturated heterocycles. The van der Waals surface area contributed by atoms with Gasteiger partial charge in [-0.05, 0) is 43.0 Å². The fourth-order valence-electron chi connectivity index (χ4n) is 2.13. The predicted octanol–water partition coefficient (Wildman–Crippen LogP) is 3.32. The van der Waals surface area contributed by atoms with Crippen LogP contribution in [0.5, 0.6) is 0 Å². The molecule has 0 spiro atoms. The quantitative estimate of drug-likeness (QED) is 0.723. The van der Waals surface area contributed by atoms with Crippen molar-refractivity contribution in [3.05, 3.63) is 35.1 Å². The van der Waals surface area contributed by atoms with Gasteiger partial charge in [0.1, 0.15) is 5.82 Å². The molecular weight excluding hydrogens is 227 g/mol. The second-order valence-corrected chi connectivity index (χ2v) is 4.98. The van der Waals surface area contributed by atoms with E-state index >= 15 is 0 Å². The molecule has 1 aliphatic heterocycles. The second-order valence-electron chi connectivity index (χ2n) is 4.41. The van der Waals surface area contributed by atoms with Crippen molar-refractivity contribution in [1.29, 1.82) is 0 Å². The molecule has 1 aromatic rings. The highest BCUT2D eigenvalue weighted by Gasteiger charge is 2.24. The Morgan fingerprint density at radius 2 is 2.31 bits per heavy atom. The lowest BCUT2D eigenvalue weighted by Crippen LogP contribution is -2.29. The molecule has 0 bridgehead atoms. The summed E-state index contributed by atoms with van der Waals surface area (Å²) in [6, 6.07) is 4.93. The van der Waals surface area contributed by atoms with E-state index in [0.29, 0.717) is 12.5 Å². The first-order chi connectivity index (χ1) is 7.66. The van der Waals surface area contributed by atoms with Crippen LogP contribution in [-0.4, -0.2) is 18.6 Å². The van der Waals surface area contributed by atoms with E-state index in [4.69, 9.17) is 16.3 Å². The van der Waals surface area contributed by atoms with Crippen LogP contribution in [0.3, 0.4) is 0 Å². The van der Waals surface area contributed by atoms with Crippen LogP contribution in [0.2, 0.25) is 0 Å². The summed E-state index contributed by atoms with van der Waals surface area (Å²) in [5, 5.41) is 0.179. The zero-order valence-electron chi connectivity index (χ0n) is 9.38. The Morgan fingerprint density at radius 3 is 3.00 bits per heavy atom. The van der Waals surface area contributed by atoms with Gasteiger partial charge in [0.05, 0.1) is 6.61 Å². The molecule has 2 unspecified atom stereocenters. The van der Waals surface area contributed by atoms with Gasteiger partial charge in [0.25, 0.3) is 0 Å². The Morgan fingerprint density at radius 1 is 1.50 bits per heavy atom. The summed E-state index contributed by atoms with van der Waals surface area (Å²) in [5.41, 5.74) is 2.16. The summed E-state index contributed by atoms with van der Waals surface area (Å²) < 4.78 is 18.4. The molecule has 3 heteroatoms. The van der Waals surface area contributed by atoms with Crippen LogP contribution in [0.15, 0.2) is 18.2 Å². The van der Waals surface area contributed by atoms with Crippen molar-refractivity contribution >= 4 is 11.6 Å². The number of hydrogen-bond donors (Lipinski definition) is 0. The molecule has 0 aliphatic carbocycles. The van der Waals surface area contributed by atoms with E-state index in [1.165, 1.54) is 11.6 Å². The van der Waals surface area contributed by atoms with E-state index in [0.717, 1.165) is 25.0 Å². The van der Waals surface area contributed by atoms with E-state index in [2.05, 4.69) is 0 Å². The molecule has 1 aliphatic rings. The lowest BCUT2D eigenvalue weighted by molar-refractivity contribution is 0.0577. The minimum Gasteiger partial charge on any atom is -0.381 e. The molecule has 1 fully saturated rings. The van der Waals surface area contributed by atoms with Crippen LogP contribution < -0.4 is 0 Å². The molecular formula is C13H16ClFO. The maximum absolute atomic E-state index is 13.0. The summed E-state index contributed by atoms with van der Waals surface area (Å²) in [5.74, 6) is 0.170. The van der Waals surface area contributed by atoms with E-state index in [1.807, 2.05) is 13.0 Å². The van der Waals surface area contributed by atoms with E-state index in [1.54, 1.807) is 6.07 Å². The fraction of sp³-hybridized carbons (Fsp3) is 0.538. The third-order valence-corrected chi connectivity index (χ3v) is 3.74. The number of alkyl halides is 1. The smallest absolute Gasteiger partial charge is 0.123 e. The number of rotatable bonds is 2. The normalized spacial score (nSPS) is 25.7. The number of aryl methyl sites for hydroxylation is 1. The van der Waals surface area contributed by atoms with Crippen molar-refractivity contribution < 1.29 is 9.13 Å². The summed E-state index contributed by atoms with van der Waals surface area (Å²) >= 11 is 6.26. The lowest BCUT2D eigenvalue weighted by Gasteiger charge is -2.27. The minimum absolute atomic E-state index is 0.177.